The summed E-state index contributed by atoms with van der Waals surface area (Å²) < 4.78 is 5.15. The van der Waals surface area contributed by atoms with Gasteiger partial charge >= 0.3 is 0 Å². The zero-order valence-corrected chi connectivity index (χ0v) is 13.4. The van der Waals surface area contributed by atoms with E-state index in [4.69, 9.17) is 4.74 Å². The summed E-state index contributed by atoms with van der Waals surface area (Å²) in [6.07, 6.45) is 1.51. The average Bonchev–Trinajstić information content (AvgIpc) is 2.52. The summed E-state index contributed by atoms with van der Waals surface area (Å²) in [6, 6.07) is 9.54. The molecule has 0 aliphatic heterocycles. The molecule has 2 rings (SSSR count). The predicted molar refractivity (Wildman–Crippen MR) is 85.3 cm³/mol. The Kier molecular flexibility index (Phi) is 4.75. The maximum atomic E-state index is 11.9. The molecule has 0 aliphatic rings. The first-order chi connectivity index (χ1) is 10.4. The van der Waals surface area contributed by atoms with Crippen molar-refractivity contribution >= 4 is 5.91 Å². The molecule has 0 radical (unpaired) electrons. The molecule has 0 unspecified atom stereocenters. The fraction of sp³-hybridized carbons (Fsp3) is 0.353. The highest BCUT2D eigenvalue weighted by atomic mass is 16.5. The second kappa shape index (κ2) is 6.56. The van der Waals surface area contributed by atoms with Gasteiger partial charge in [-0.05, 0) is 30.3 Å². The summed E-state index contributed by atoms with van der Waals surface area (Å²) in [7, 11) is 1.63. The van der Waals surface area contributed by atoms with E-state index in [0.29, 0.717) is 6.54 Å². The molecule has 0 saturated carbocycles. The van der Waals surface area contributed by atoms with Crippen molar-refractivity contribution in [2.75, 3.05) is 7.11 Å². The average molecular weight is 299 g/mol. The molecule has 2 aromatic rings. The Morgan fingerprint density at radius 3 is 2.45 bits per heavy atom. The van der Waals surface area contributed by atoms with Crippen LogP contribution in [0, 0.1) is 5.41 Å². The number of hydrogen-bond donors (Lipinski definition) is 1. The van der Waals surface area contributed by atoms with Gasteiger partial charge in [-0.2, -0.15) is 0 Å². The number of carbonyl (C=O) groups is 1. The number of nitrogens with one attached hydrogen (secondary N) is 1. The van der Waals surface area contributed by atoms with Crippen LogP contribution in [0.25, 0.3) is 11.3 Å². The van der Waals surface area contributed by atoms with Crippen molar-refractivity contribution in [3.05, 3.63) is 42.4 Å². The van der Waals surface area contributed by atoms with Crippen molar-refractivity contribution in [1.82, 2.24) is 15.3 Å². The Hall–Kier alpha value is -2.43. The van der Waals surface area contributed by atoms with Crippen LogP contribution in [-0.2, 0) is 11.3 Å². The van der Waals surface area contributed by atoms with Crippen LogP contribution in [0.2, 0.25) is 0 Å². The molecule has 0 saturated heterocycles. The Bertz CT molecular complexity index is 646. The van der Waals surface area contributed by atoms with Gasteiger partial charge in [0.25, 0.3) is 0 Å². The highest BCUT2D eigenvalue weighted by Crippen LogP contribution is 2.20. The van der Waals surface area contributed by atoms with Crippen LogP contribution in [0.1, 0.15) is 26.5 Å². The van der Waals surface area contributed by atoms with Gasteiger partial charge in [0, 0.05) is 11.0 Å². The summed E-state index contributed by atoms with van der Waals surface area (Å²) in [5, 5.41) is 2.89. The number of ether oxygens (including phenoxy) is 1. The molecule has 1 N–H and O–H groups in total. The van der Waals surface area contributed by atoms with E-state index in [2.05, 4.69) is 15.3 Å². The first-order valence-corrected chi connectivity index (χ1v) is 7.14. The Balaban J connectivity index is 2.11. The summed E-state index contributed by atoms with van der Waals surface area (Å²) in [5.41, 5.74) is 2.16. The molecule has 1 heterocycles. The Morgan fingerprint density at radius 1 is 1.18 bits per heavy atom. The van der Waals surface area contributed by atoms with Gasteiger partial charge < -0.3 is 10.1 Å². The van der Waals surface area contributed by atoms with Gasteiger partial charge in [0.05, 0.1) is 25.0 Å². The van der Waals surface area contributed by atoms with Crippen LogP contribution in [-0.4, -0.2) is 23.0 Å². The highest BCUT2D eigenvalue weighted by molar-refractivity contribution is 5.81. The standard InChI is InChI=1S/C17H21N3O2/c1-17(2,3)16(21)18-10-13-9-15(20-11-19-13)12-5-7-14(22-4)8-6-12/h5-9,11H,10H2,1-4H3,(H,18,21). The maximum Gasteiger partial charge on any atom is 0.225 e. The molecule has 5 heteroatoms. The third-order valence-corrected chi connectivity index (χ3v) is 3.22. The van der Waals surface area contributed by atoms with Crippen LogP contribution in [0.4, 0.5) is 0 Å². The minimum absolute atomic E-state index is 0.00268. The van der Waals surface area contributed by atoms with Gasteiger partial charge in [-0.25, -0.2) is 9.97 Å². The molecular formula is C17H21N3O2. The van der Waals surface area contributed by atoms with Crippen LogP contribution in [0.3, 0.4) is 0 Å². The third kappa shape index (κ3) is 4.04. The van der Waals surface area contributed by atoms with E-state index in [1.54, 1.807) is 7.11 Å². The first kappa shape index (κ1) is 15.9. The summed E-state index contributed by atoms with van der Waals surface area (Å²) >= 11 is 0. The SMILES string of the molecule is COc1ccc(-c2cc(CNC(=O)C(C)(C)C)ncn2)cc1. The van der Waals surface area contributed by atoms with Crippen LogP contribution in [0.5, 0.6) is 5.75 Å². The normalized spacial score (nSPS) is 11.1. The molecule has 0 fully saturated rings. The quantitative estimate of drug-likeness (QED) is 0.943. The Morgan fingerprint density at radius 2 is 1.86 bits per heavy atom. The number of benzene rings is 1. The lowest BCUT2D eigenvalue weighted by Crippen LogP contribution is -2.34. The number of carbonyl (C=O) groups excluding carboxylic acids is 1. The lowest BCUT2D eigenvalue weighted by atomic mass is 9.96. The molecule has 1 amide bonds. The Labute approximate surface area is 130 Å². The fourth-order valence-electron chi connectivity index (χ4n) is 1.85. The molecule has 22 heavy (non-hydrogen) atoms. The van der Waals surface area contributed by atoms with Crippen molar-refractivity contribution in [1.29, 1.82) is 0 Å². The monoisotopic (exact) mass is 299 g/mol. The van der Waals surface area contributed by atoms with E-state index in [1.807, 2.05) is 51.1 Å². The third-order valence-electron chi connectivity index (χ3n) is 3.22. The number of amides is 1. The van der Waals surface area contributed by atoms with E-state index in [-0.39, 0.29) is 5.91 Å². The molecule has 0 atom stereocenters. The smallest absolute Gasteiger partial charge is 0.225 e. The zero-order valence-electron chi connectivity index (χ0n) is 13.4. The van der Waals surface area contributed by atoms with Crippen molar-refractivity contribution in [2.24, 2.45) is 5.41 Å². The first-order valence-electron chi connectivity index (χ1n) is 7.14. The lowest BCUT2D eigenvalue weighted by Gasteiger charge is -2.17. The molecule has 0 spiro atoms. The zero-order chi connectivity index (χ0) is 16.2. The largest absolute Gasteiger partial charge is 0.497 e. The molecule has 0 bridgehead atoms. The van der Waals surface area contributed by atoms with Gasteiger partial charge in [0.2, 0.25) is 5.91 Å². The summed E-state index contributed by atoms with van der Waals surface area (Å²) in [5.74, 6) is 0.799. The van der Waals surface area contributed by atoms with Crippen molar-refractivity contribution in [3.8, 4) is 17.0 Å². The van der Waals surface area contributed by atoms with E-state index < -0.39 is 5.41 Å². The minimum Gasteiger partial charge on any atom is -0.497 e. The van der Waals surface area contributed by atoms with Gasteiger partial charge in [-0.15, -0.1) is 0 Å². The van der Waals surface area contributed by atoms with Gasteiger partial charge in [0.15, 0.2) is 0 Å². The van der Waals surface area contributed by atoms with Gasteiger partial charge in [-0.1, -0.05) is 20.8 Å². The summed E-state index contributed by atoms with van der Waals surface area (Å²) in [4.78, 5) is 20.4. The van der Waals surface area contributed by atoms with E-state index in [0.717, 1.165) is 22.7 Å². The number of hydrogen-bond acceptors (Lipinski definition) is 4. The number of methoxy groups -OCH3 is 1. The maximum absolute atomic E-state index is 11.9. The molecule has 1 aromatic carbocycles. The molecule has 0 aliphatic carbocycles. The van der Waals surface area contributed by atoms with Crippen LogP contribution in [0.15, 0.2) is 36.7 Å². The number of rotatable bonds is 4. The predicted octanol–water partition coefficient (Wildman–Crippen LogP) is 2.81. The molecular weight excluding hydrogens is 278 g/mol. The van der Waals surface area contributed by atoms with E-state index in [1.165, 1.54) is 6.33 Å². The van der Waals surface area contributed by atoms with Crippen molar-refractivity contribution in [3.63, 3.8) is 0 Å². The van der Waals surface area contributed by atoms with Gasteiger partial charge in [-0.3, -0.25) is 4.79 Å². The topological polar surface area (TPSA) is 64.1 Å². The van der Waals surface area contributed by atoms with Crippen molar-refractivity contribution in [2.45, 2.75) is 27.3 Å². The highest BCUT2D eigenvalue weighted by Gasteiger charge is 2.20. The van der Waals surface area contributed by atoms with Crippen LogP contribution < -0.4 is 10.1 Å². The molecule has 5 nitrogen and oxygen atoms in total. The second-order valence-corrected chi connectivity index (χ2v) is 6.06. The molecule has 1 aromatic heterocycles. The van der Waals surface area contributed by atoms with Crippen molar-refractivity contribution < 1.29 is 9.53 Å². The van der Waals surface area contributed by atoms with E-state index >= 15 is 0 Å². The number of nitrogens with zero attached hydrogens (tertiary/aromatic N) is 2. The summed E-state index contributed by atoms with van der Waals surface area (Å²) in [6.45, 7) is 6.03. The minimum atomic E-state index is -0.411. The van der Waals surface area contributed by atoms with Gasteiger partial charge in [0.1, 0.15) is 12.1 Å². The lowest BCUT2D eigenvalue weighted by molar-refractivity contribution is -0.128. The van der Waals surface area contributed by atoms with Crippen LogP contribution >= 0.6 is 0 Å². The number of aromatic nitrogens is 2. The second-order valence-electron chi connectivity index (χ2n) is 6.06. The molecule has 116 valence electrons. The fourth-order valence-corrected chi connectivity index (χ4v) is 1.85. The van der Waals surface area contributed by atoms with E-state index in [9.17, 15) is 4.79 Å².